The molecule has 0 fully saturated rings. The van der Waals surface area contributed by atoms with Gasteiger partial charge in [0.2, 0.25) is 5.69 Å². The Morgan fingerprint density at radius 1 is 0.815 bits per heavy atom. The minimum Gasteiger partial charge on any atom is -0.618 e. The normalized spacial score (nSPS) is 11.9. The Morgan fingerprint density at radius 2 is 1.41 bits per heavy atom. The highest BCUT2D eigenvalue weighted by Crippen LogP contribution is 2.37. The summed E-state index contributed by atoms with van der Waals surface area (Å²) in [6.07, 6.45) is 0.178. The number of methoxy groups -OCH3 is 4. The van der Waals surface area contributed by atoms with Gasteiger partial charge in [-0.1, -0.05) is 6.07 Å². The van der Waals surface area contributed by atoms with E-state index in [1.807, 2.05) is 0 Å². The fraction of sp³-hybridized carbons (Fsp3) is 0.250. The Bertz CT molecular complexity index is 972. The van der Waals surface area contributed by atoms with Crippen LogP contribution in [0.3, 0.4) is 0 Å². The number of fused-ring (bicyclic) bond motifs is 1. The first-order valence-electron chi connectivity index (χ1n) is 8.21. The minimum absolute atomic E-state index is 0.181. The van der Waals surface area contributed by atoms with Gasteiger partial charge in [-0.25, -0.2) is 0 Å². The van der Waals surface area contributed by atoms with E-state index in [1.54, 1.807) is 43.5 Å². The van der Waals surface area contributed by atoms with Crippen LogP contribution in [-0.2, 0) is 0 Å². The van der Waals surface area contributed by atoms with Crippen molar-refractivity contribution >= 4 is 10.8 Å². The van der Waals surface area contributed by atoms with E-state index in [0.29, 0.717) is 38.7 Å². The predicted molar refractivity (Wildman–Crippen MR) is 99.6 cm³/mol. The number of rotatable bonds is 6. The maximum Gasteiger partial charge on any atom is 0.234 e. The molecule has 27 heavy (non-hydrogen) atoms. The molecule has 7 nitrogen and oxygen atoms in total. The number of nitrogens with zero attached hydrogens (tertiary/aromatic N) is 1. The largest absolute Gasteiger partial charge is 0.618 e. The molecule has 3 rings (SSSR count). The summed E-state index contributed by atoms with van der Waals surface area (Å²) >= 11 is 0. The Labute approximate surface area is 156 Å². The lowest BCUT2D eigenvalue weighted by Crippen LogP contribution is -2.33. The number of aliphatic hydroxyl groups excluding tert-OH is 1. The summed E-state index contributed by atoms with van der Waals surface area (Å²) in [5.41, 5.74) is 0.681. The van der Waals surface area contributed by atoms with Gasteiger partial charge < -0.3 is 29.3 Å². The van der Waals surface area contributed by atoms with Crippen molar-refractivity contribution in [3.63, 3.8) is 0 Å². The lowest BCUT2D eigenvalue weighted by Gasteiger charge is -2.17. The highest BCUT2D eigenvalue weighted by Gasteiger charge is 2.25. The molecule has 1 atom stereocenters. The first kappa shape index (κ1) is 18.6. The summed E-state index contributed by atoms with van der Waals surface area (Å²) in [6, 6.07) is 10.1. The van der Waals surface area contributed by atoms with Gasteiger partial charge in [-0.2, -0.15) is 4.73 Å². The van der Waals surface area contributed by atoms with Crippen LogP contribution in [0.25, 0.3) is 10.8 Å². The van der Waals surface area contributed by atoms with Gasteiger partial charge in [0, 0.05) is 6.07 Å². The van der Waals surface area contributed by atoms with Crippen LogP contribution in [0.2, 0.25) is 0 Å². The maximum atomic E-state index is 12.5. The van der Waals surface area contributed by atoms with Crippen molar-refractivity contribution in [3.05, 3.63) is 59.1 Å². The van der Waals surface area contributed by atoms with Gasteiger partial charge in [0.1, 0.15) is 0 Å². The third kappa shape index (κ3) is 3.29. The molecule has 0 bridgehead atoms. The second-order valence-electron chi connectivity index (χ2n) is 5.84. The van der Waals surface area contributed by atoms with E-state index in [9.17, 15) is 10.3 Å². The monoisotopic (exact) mass is 371 g/mol. The van der Waals surface area contributed by atoms with Crippen molar-refractivity contribution in [2.24, 2.45) is 0 Å². The molecule has 1 heterocycles. The van der Waals surface area contributed by atoms with Crippen molar-refractivity contribution in [3.8, 4) is 23.0 Å². The Morgan fingerprint density at radius 3 is 2.04 bits per heavy atom. The molecule has 0 amide bonds. The number of pyridine rings is 1. The van der Waals surface area contributed by atoms with Crippen molar-refractivity contribution in [1.29, 1.82) is 0 Å². The molecule has 0 unspecified atom stereocenters. The van der Waals surface area contributed by atoms with Crippen LogP contribution >= 0.6 is 0 Å². The molecule has 0 radical (unpaired) electrons. The number of hydrogen-bond donors (Lipinski definition) is 1. The summed E-state index contributed by atoms with van der Waals surface area (Å²) in [4.78, 5) is 0. The second kappa shape index (κ2) is 7.59. The van der Waals surface area contributed by atoms with E-state index in [4.69, 9.17) is 18.9 Å². The predicted octanol–water partition coefficient (Wildman–Crippen LogP) is 2.59. The van der Waals surface area contributed by atoms with Gasteiger partial charge in [-0.3, -0.25) is 0 Å². The van der Waals surface area contributed by atoms with Gasteiger partial charge in [0.05, 0.1) is 33.8 Å². The average molecular weight is 371 g/mol. The zero-order chi connectivity index (χ0) is 19.6. The highest BCUT2D eigenvalue weighted by atomic mass is 16.5. The van der Waals surface area contributed by atoms with E-state index >= 15 is 0 Å². The van der Waals surface area contributed by atoms with Gasteiger partial charge in [-0.15, -0.1) is 0 Å². The van der Waals surface area contributed by atoms with Crippen LogP contribution in [0.4, 0.5) is 0 Å². The Balaban J connectivity index is 2.19. The number of hydrogen-bond acceptors (Lipinski definition) is 6. The fourth-order valence-corrected chi connectivity index (χ4v) is 3.05. The van der Waals surface area contributed by atoms with Crippen LogP contribution in [0, 0.1) is 5.21 Å². The zero-order valence-electron chi connectivity index (χ0n) is 15.6. The lowest BCUT2D eigenvalue weighted by atomic mass is 10.00. The highest BCUT2D eigenvalue weighted by molar-refractivity contribution is 5.87. The molecule has 3 aromatic rings. The first-order chi connectivity index (χ1) is 13.0. The zero-order valence-corrected chi connectivity index (χ0v) is 15.6. The lowest BCUT2D eigenvalue weighted by molar-refractivity contribution is -0.616. The molecule has 1 aromatic heterocycles. The quantitative estimate of drug-likeness (QED) is 0.530. The average Bonchev–Trinajstić information content (AvgIpc) is 2.71. The summed E-state index contributed by atoms with van der Waals surface area (Å²) in [7, 11) is 6.10. The number of aromatic nitrogens is 1. The molecule has 0 aliphatic carbocycles. The molecular weight excluding hydrogens is 350 g/mol. The van der Waals surface area contributed by atoms with E-state index in [-0.39, 0.29) is 5.69 Å². The molecule has 1 N–H and O–H groups in total. The number of benzene rings is 2. The summed E-state index contributed by atoms with van der Waals surface area (Å²) in [5, 5.41) is 24.8. The summed E-state index contributed by atoms with van der Waals surface area (Å²) in [6.45, 7) is 0. The molecule has 0 spiro atoms. The first-order valence-corrected chi connectivity index (χ1v) is 8.21. The maximum absolute atomic E-state index is 12.5. The smallest absolute Gasteiger partial charge is 0.234 e. The molecule has 2 aromatic carbocycles. The van der Waals surface area contributed by atoms with Crippen molar-refractivity contribution in [1.82, 2.24) is 0 Å². The van der Waals surface area contributed by atoms with E-state index in [2.05, 4.69) is 0 Å². The number of aliphatic hydroxyl groups is 1. The van der Waals surface area contributed by atoms with Crippen LogP contribution in [-0.4, -0.2) is 33.5 Å². The van der Waals surface area contributed by atoms with Gasteiger partial charge in [0.15, 0.2) is 35.3 Å². The Hall–Kier alpha value is -3.19. The minimum atomic E-state index is -1.18. The van der Waals surface area contributed by atoms with Gasteiger partial charge in [0.25, 0.3) is 0 Å². The SMILES string of the molecule is COc1ccc([C@H](O)c2c3cc(OC)c(OC)cc3cc[n+]2[O-])cc1OC. The van der Waals surface area contributed by atoms with Gasteiger partial charge >= 0.3 is 0 Å². The third-order valence-corrected chi connectivity index (χ3v) is 4.44. The topological polar surface area (TPSA) is 84.1 Å². The summed E-state index contributed by atoms with van der Waals surface area (Å²) in [5.74, 6) is 2.01. The van der Waals surface area contributed by atoms with Crippen LogP contribution in [0.5, 0.6) is 23.0 Å². The molecule has 0 aliphatic rings. The van der Waals surface area contributed by atoms with E-state index in [1.165, 1.54) is 27.5 Å². The molecule has 0 aliphatic heterocycles. The van der Waals surface area contributed by atoms with Crippen LogP contribution in [0.15, 0.2) is 42.6 Å². The standard InChI is InChI=1S/C20H21NO6/c1-24-15-6-5-13(10-16(15)25-2)20(22)19-14-11-18(27-4)17(26-3)9-12(14)7-8-21(19)23/h5-11,20,22H,1-4H3/t20-/m0/s1. The molecule has 0 saturated carbocycles. The fourth-order valence-electron chi connectivity index (χ4n) is 3.05. The van der Waals surface area contributed by atoms with Gasteiger partial charge in [-0.05, 0) is 35.2 Å². The summed E-state index contributed by atoms with van der Waals surface area (Å²) < 4.78 is 21.8. The second-order valence-corrected chi connectivity index (χ2v) is 5.84. The van der Waals surface area contributed by atoms with E-state index < -0.39 is 6.10 Å². The molecule has 142 valence electrons. The van der Waals surface area contributed by atoms with Crippen molar-refractivity contribution in [2.45, 2.75) is 6.10 Å². The van der Waals surface area contributed by atoms with Crippen LogP contribution < -0.4 is 23.7 Å². The third-order valence-electron chi connectivity index (χ3n) is 4.44. The molecule has 7 heteroatoms. The Kier molecular flexibility index (Phi) is 5.23. The van der Waals surface area contributed by atoms with Crippen molar-refractivity contribution in [2.75, 3.05) is 28.4 Å². The van der Waals surface area contributed by atoms with Crippen molar-refractivity contribution < 1.29 is 28.8 Å². The van der Waals surface area contributed by atoms with E-state index in [0.717, 1.165) is 5.39 Å². The molecular formula is C20H21NO6. The number of ether oxygens (including phenoxy) is 4. The van der Waals surface area contributed by atoms with Crippen LogP contribution in [0.1, 0.15) is 17.4 Å². The molecule has 0 saturated heterocycles.